The lowest BCUT2D eigenvalue weighted by atomic mass is 10.1. The quantitative estimate of drug-likeness (QED) is 0.435. The van der Waals surface area contributed by atoms with Gasteiger partial charge in [0, 0.05) is 12.2 Å². The molecule has 3 amide bonds. The van der Waals surface area contributed by atoms with E-state index in [0.717, 1.165) is 11.1 Å². The number of rotatable bonds is 7. The molecule has 8 nitrogen and oxygen atoms in total. The van der Waals surface area contributed by atoms with Crippen molar-refractivity contribution in [1.29, 1.82) is 5.26 Å². The highest BCUT2D eigenvalue weighted by atomic mass is 35.5. The van der Waals surface area contributed by atoms with Crippen molar-refractivity contribution in [3.63, 3.8) is 0 Å². The predicted octanol–water partition coefficient (Wildman–Crippen LogP) is 3.70. The number of anilines is 1. The third-order valence-electron chi connectivity index (χ3n) is 4.92. The Morgan fingerprint density at radius 3 is 2.06 bits per heavy atom. The molecule has 3 rings (SSSR count). The first kappa shape index (κ1) is 24.2. The van der Waals surface area contributed by atoms with Crippen LogP contribution in [0.25, 0.3) is 0 Å². The molecular weight excluding hydrogens is 469 g/mol. The molecule has 33 heavy (non-hydrogen) atoms. The van der Waals surface area contributed by atoms with Gasteiger partial charge in [-0.25, -0.2) is 0 Å². The summed E-state index contributed by atoms with van der Waals surface area (Å²) in [5.41, 5.74) is 2.52. The number of imide groups is 1. The summed E-state index contributed by atoms with van der Waals surface area (Å²) in [7, 11) is 0. The average molecular weight is 488 g/mol. The van der Waals surface area contributed by atoms with Crippen molar-refractivity contribution in [2.75, 3.05) is 24.6 Å². The van der Waals surface area contributed by atoms with Gasteiger partial charge in [-0.15, -0.1) is 0 Å². The van der Waals surface area contributed by atoms with Crippen LogP contribution < -0.4 is 4.90 Å². The topological polar surface area (TPSA) is 108 Å². The zero-order valence-electron chi connectivity index (χ0n) is 17.9. The molecule has 0 saturated heterocycles. The van der Waals surface area contributed by atoms with Crippen LogP contribution in [0.5, 0.6) is 0 Å². The zero-order chi connectivity index (χ0) is 24.3. The summed E-state index contributed by atoms with van der Waals surface area (Å²) in [6, 6.07) is 10.1. The second-order valence-corrected chi connectivity index (χ2v) is 8.28. The Kier molecular flexibility index (Phi) is 7.36. The second kappa shape index (κ2) is 10.0. The summed E-state index contributed by atoms with van der Waals surface area (Å²) < 4.78 is 5.04. The Bertz CT molecular complexity index is 1140. The number of ether oxygens (including phenoxy) is 1. The molecule has 2 aromatic carbocycles. The normalized spacial score (nSPS) is 12.4. The van der Waals surface area contributed by atoms with Gasteiger partial charge in [-0.1, -0.05) is 29.3 Å². The van der Waals surface area contributed by atoms with Gasteiger partial charge in [0.25, 0.3) is 17.7 Å². The van der Waals surface area contributed by atoms with Gasteiger partial charge in [-0.3, -0.25) is 24.1 Å². The van der Waals surface area contributed by atoms with Crippen LogP contribution in [-0.2, 0) is 14.3 Å². The molecule has 2 aromatic rings. The van der Waals surface area contributed by atoms with Gasteiger partial charge >= 0.3 is 5.97 Å². The monoisotopic (exact) mass is 487 g/mol. The van der Waals surface area contributed by atoms with Gasteiger partial charge in [0.05, 0.1) is 33.7 Å². The van der Waals surface area contributed by atoms with E-state index in [-0.39, 0.29) is 34.1 Å². The van der Waals surface area contributed by atoms with E-state index < -0.39 is 36.8 Å². The largest absolute Gasteiger partial charge is 0.454 e. The van der Waals surface area contributed by atoms with E-state index in [1.165, 1.54) is 17.0 Å². The Hall–Kier alpha value is -3.41. The fraction of sp³-hybridized carbons (Fsp3) is 0.261. The van der Waals surface area contributed by atoms with Crippen LogP contribution >= 0.6 is 23.2 Å². The van der Waals surface area contributed by atoms with Crippen LogP contribution in [0.3, 0.4) is 0 Å². The molecule has 1 heterocycles. The molecule has 1 aliphatic heterocycles. The van der Waals surface area contributed by atoms with Crippen LogP contribution in [0.1, 0.15) is 38.3 Å². The maximum Gasteiger partial charge on any atom is 0.326 e. The molecule has 0 fully saturated rings. The van der Waals surface area contributed by atoms with E-state index in [1.54, 1.807) is 12.1 Å². The maximum atomic E-state index is 12.8. The number of benzene rings is 2. The highest BCUT2D eigenvalue weighted by molar-refractivity contribution is 6.43. The minimum Gasteiger partial charge on any atom is -0.454 e. The molecule has 170 valence electrons. The van der Waals surface area contributed by atoms with E-state index in [0.29, 0.717) is 10.6 Å². The van der Waals surface area contributed by atoms with Crippen molar-refractivity contribution in [1.82, 2.24) is 4.90 Å². The second-order valence-electron chi connectivity index (χ2n) is 7.47. The highest BCUT2D eigenvalue weighted by Crippen LogP contribution is 2.31. The van der Waals surface area contributed by atoms with Crippen molar-refractivity contribution in [3.8, 4) is 6.07 Å². The van der Waals surface area contributed by atoms with E-state index in [1.807, 2.05) is 26.0 Å². The smallest absolute Gasteiger partial charge is 0.326 e. The number of nitriles is 1. The lowest BCUT2D eigenvalue weighted by molar-refractivity contribution is -0.148. The summed E-state index contributed by atoms with van der Waals surface area (Å²) >= 11 is 11.8. The van der Waals surface area contributed by atoms with Gasteiger partial charge in [-0.2, -0.15) is 5.26 Å². The standard InChI is InChI=1S/C23H19Cl2N3O5/c1-13-6-14(2)8-15(7-13)27(5-3-4-26)20(29)12-33-21(30)11-28-22(31)16-9-18(24)19(25)10-17(16)23(28)32/h6-10H,3,5,11-12H2,1-2H3. The molecule has 0 atom stereocenters. The van der Waals surface area contributed by atoms with Gasteiger partial charge in [0.2, 0.25) is 0 Å². The van der Waals surface area contributed by atoms with Gasteiger partial charge < -0.3 is 9.64 Å². The Morgan fingerprint density at radius 2 is 1.55 bits per heavy atom. The first-order valence-corrected chi connectivity index (χ1v) is 10.6. The molecule has 0 radical (unpaired) electrons. The summed E-state index contributed by atoms with van der Waals surface area (Å²) in [5, 5.41) is 9.14. The van der Waals surface area contributed by atoms with E-state index in [9.17, 15) is 19.2 Å². The number of halogens is 2. The number of hydrogen-bond donors (Lipinski definition) is 0. The van der Waals surface area contributed by atoms with Gasteiger partial charge in [0.1, 0.15) is 6.54 Å². The van der Waals surface area contributed by atoms with Crippen molar-refractivity contribution < 1.29 is 23.9 Å². The number of esters is 1. The molecule has 0 aliphatic carbocycles. The minimum atomic E-state index is -0.935. The van der Waals surface area contributed by atoms with E-state index in [4.69, 9.17) is 33.2 Å². The first-order valence-electron chi connectivity index (χ1n) is 9.89. The Morgan fingerprint density at radius 1 is 1.00 bits per heavy atom. The lowest BCUT2D eigenvalue weighted by Gasteiger charge is -2.23. The molecule has 0 aromatic heterocycles. The Balaban J connectivity index is 1.67. The Labute approximate surface area is 200 Å². The van der Waals surface area contributed by atoms with Gasteiger partial charge in [-0.05, 0) is 49.2 Å². The fourth-order valence-electron chi connectivity index (χ4n) is 3.49. The number of fused-ring (bicyclic) bond motifs is 1. The third kappa shape index (κ3) is 5.33. The summed E-state index contributed by atoms with van der Waals surface area (Å²) in [6.07, 6.45) is 0.0901. The van der Waals surface area contributed by atoms with E-state index in [2.05, 4.69) is 0 Å². The number of amides is 3. The third-order valence-corrected chi connectivity index (χ3v) is 5.64. The molecule has 0 spiro atoms. The van der Waals surface area contributed by atoms with Crippen LogP contribution in [0, 0.1) is 25.2 Å². The average Bonchev–Trinajstić information content (AvgIpc) is 2.96. The van der Waals surface area contributed by atoms with Crippen LogP contribution in [0.4, 0.5) is 5.69 Å². The van der Waals surface area contributed by atoms with Crippen molar-refractivity contribution in [3.05, 3.63) is 62.6 Å². The van der Waals surface area contributed by atoms with Crippen molar-refractivity contribution >= 4 is 52.6 Å². The lowest BCUT2D eigenvalue weighted by Crippen LogP contribution is -2.39. The number of aryl methyl sites for hydroxylation is 2. The minimum absolute atomic E-state index is 0.0378. The number of carbonyl (C=O) groups excluding carboxylic acids is 4. The van der Waals surface area contributed by atoms with Crippen LogP contribution in [0.2, 0.25) is 10.0 Å². The summed E-state index contributed by atoms with van der Waals surface area (Å²) in [4.78, 5) is 52.2. The molecule has 1 aliphatic rings. The van der Waals surface area contributed by atoms with Crippen LogP contribution in [0.15, 0.2) is 30.3 Å². The van der Waals surface area contributed by atoms with Crippen LogP contribution in [-0.4, -0.2) is 48.3 Å². The summed E-state index contributed by atoms with van der Waals surface area (Å²) in [5.74, 6) is -2.88. The molecule has 0 unspecified atom stereocenters. The summed E-state index contributed by atoms with van der Waals surface area (Å²) in [6.45, 7) is 2.60. The molecule has 0 bridgehead atoms. The fourth-order valence-corrected chi connectivity index (χ4v) is 3.82. The van der Waals surface area contributed by atoms with Crippen molar-refractivity contribution in [2.45, 2.75) is 20.3 Å². The molecule has 0 saturated carbocycles. The SMILES string of the molecule is Cc1cc(C)cc(N(CCC#N)C(=O)COC(=O)CN2C(=O)c3cc(Cl)c(Cl)cc3C2=O)c1. The number of nitrogens with zero attached hydrogens (tertiary/aromatic N) is 3. The predicted molar refractivity (Wildman–Crippen MR) is 121 cm³/mol. The number of carbonyl (C=O) groups is 4. The molecule has 10 heteroatoms. The zero-order valence-corrected chi connectivity index (χ0v) is 19.4. The number of hydrogen-bond acceptors (Lipinski definition) is 6. The van der Waals surface area contributed by atoms with Crippen molar-refractivity contribution in [2.24, 2.45) is 0 Å². The van der Waals surface area contributed by atoms with Gasteiger partial charge in [0.15, 0.2) is 6.61 Å². The molecular formula is C23H19Cl2N3O5. The van der Waals surface area contributed by atoms with E-state index >= 15 is 0 Å². The first-order chi connectivity index (χ1) is 15.6. The maximum absolute atomic E-state index is 12.8. The highest BCUT2D eigenvalue weighted by Gasteiger charge is 2.38. The molecule has 0 N–H and O–H groups in total.